The summed E-state index contributed by atoms with van der Waals surface area (Å²) in [6.45, 7) is 25.7. The summed E-state index contributed by atoms with van der Waals surface area (Å²) < 4.78 is 17.7. The van der Waals surface area contributed by atoms with Crippen LogP contribution in [0.1, 0.15) is 80.1 Å². The Morgan fingerprint density at radius 2 is 1.52 bits per heavy atom. The van der Waals surface area contributed by atoms with Crippen LogP contribution in [-0.4, -0.2) is 54.3 Å². The van der Waals surface area contributed by atoms with Gasteiger partial charge in [-0.15, -0.1) is 0 Å². The van der Waals surface area contributed by atoms with Gasteiger partial charge in [0.1, 0.15) is 6.61 Å². The van der Waals surface area contributed by atoms with E-state index in [1.165, 1.54) is 12.8 Å². The third kappa shape index (κ3) is 11.0. The molecular formula is C27H54O4Si2. The number of hydrogen-bond acceptors (Lipinski definition) is 4. The molecule has 1 aliphatic heterocycles. The molecule has 194 valence electrons. The molecule has 33 heavy (non-hydrogen) atoms. The Kier molecular flexibility index (Phi) is 12.4. The zero-order chi connectivity index (χ0) is 25.3. The summed E-state index contributed by atoms with van der Waals surface area (Å²) in [5, 5.41) is 9.81. The van der Waals surface area contributed by atoms with Gasteiger partial charge in [0, 0.05) is 19.1 Å². The first-order chi connectivity index (χ1) is 15.1. The van der Waals surface area contributed by atoms with Crippen molar-refractivity contribution in [1.82, 2.24) is 0 Å². The van der Waals surface area contributed by atoms with Gasteiger partial charge in [-0.1, -0.05) is 59.8 Å². The fourth-order valence-electron chi connectivity index (χ4n) is 3.72. The minimum absolute atomic E-state index is 0.240. The molecule has 0 amide bonds. The summed E-state index contributed by atoms with van der Waals surface area (Å²) in [5.74, 6) is 7.36. The molecule has 0 spiro atoms. The molecule has 3 atom stereocenters. The number of aliphatic hydroxyl groups is 1. The monoisotopic (exact) mass is 498 g/mol. The van der Waals surface area contributed by atoms with Crippen LogP contribution >= 0.6 is 0 Å². The first kappa shape index (κ1) is 30.9. The van der Waals surface area contributed by atoms with E-state index in [4.69, 9.17) is 18.7 Å². The standard InChI is InChI=1S/C15H24O3.C12H30OSi2/c16-11-14-5-1-4-13(10-14)6-2-9-18-15-7-3-8-17-12-15;1-11(2,3)14(7,8)13-15(9,10)12(4,5)6/h13-16H,1,3-5,7-12H2;1-10H3. The number of ether oxygens (including phenoxy) is 2. The van der Waals surface area contributed by atoms with Crippen molar-refractivity contribution in [3.8, 4) is 11.8 Å². The third-order valence-corrected chi connectivity index (χ3v) is 19.3. The van der Waals surface area contributed by atoms with Gasteiger partial charge in [-0.25, -0.2) is 0 Å². The van der Waals surface area contributed by atoms with E-state index < -0.39 is 16.6 Å². The molecule has 6 heteroatoms. The Balaban J connectivity index is 0.000000337. The molecule has 2 rings (SSSR count). The number of rotatable bonds is 5. The highest BCUT2D eigenvalue weighted by atomic mass is 28.4. The predicted octanol–water partition coefficient (Wildman–Crippen LogP) is 7.00. The molecule has 0 radical (unpaired) electrons. The van der Waals surface area contributed by atoms with Gasteiger partial charge in [0.2, 0.25) is 0 Å². The average molecular weight is 499 g/mol. The van der Waals surface area contributed by atoms with Crippen LogP contribution < -0.4 is 0 Å². The van der Waals surface area contributed by atoms with Gasteiger partial charge in [0.05, 0.1) is 12.7 Å². The average Bonchev–Trinajstić information content (AvgIpc) is 2.70. The molecule has 1 aliphatic carbocycles. The van der Waals surface area contributed by atoms with E-state index in [0.29, 0.717) is 35.1 Å². The van der Waals surface area contributed by atoms with Crippen molar-refractivity contribution in [2.45, 2.75) is 122 Å². The maximum atomic E-state index is 9.16. The van der Waals surface area contributed by atoms with Gasteiger partial charge in [0.25, 0.3) is 0 Å². The molecule has 1 N–H and O–H groups in total. The van der Waals surface area contributed by atoms with Gasteiger partial charge in [-0.3, -0.25) is 0 Å². The summed E-state index contributed by atoms with van der Waals surface area (Å²) in [6, 6.07) is 0. The molecule has 1 saturated carbocycles. The second-order valence-electron chi connectivity index (χ2n) is 13.0. The molecule has 0 aromatic carbocycles. The van der Waals surface area contributed by atoms with E-state index in [1.807, 2.05) is 0 Å². The summed E-state index contributed by atoms with van der Waals surface area (Å²) in [4.78, 5) is 0. The van der Waals surface area contributed by atoms with E-state index in [9.17, 15) is 0 Å². The second-order valence-corrected chi connectivity index (χ2v) is 22.9. The van der Waals surface area contributed by atoms with Crippen LogP contribution in [0.25, 0.3) is 0 Å². The van der Waals surface area contributed by atoms with Gasteiger partial charge in [-0.05, 0) is 74.3 Å². The Morgan fingerprint density at radius 1 is 0.909 bits per heavy atom. The Labute approximate surface area is 207 Å². The lowest BCUT2D eigenvalue weighted by atomic mass is 9.82. The van der Waals surface area contributed by atoms with Crippen LogP contribution in [-0.2, 0) is 13.6 Å². The molecule has 0 bridgehead atoms. The minimum atomic E-state index is -1.59. The minimum Gasteiger partial charge on any atom is -0.455 e. The Morgan fingerprint density at radius 3 is 2.00 bits per heavy atom. The highest BCUT2D eigenvalue weighted by Crippen LogP contribution is 2.44. The van der Waals surface area contributed by atoms with Crippen LogP contribution in [0.4, 0.5) is 0 Å². The molecule has 0 aromatic heterocycles. The lowest BCUT2D eigenvalue weighted by molar-refractivity contribution is -0.0394. The van der Waals surface area contributed by atoms with E-state index >= 15 is 0 Å². The predicted molar refractivity (Wildman–Crippen MR) is 146 cm³/mol. The lowest BCUT2D eigenvalue weighted by Gasteiger charge is -2.47. The quantitative estimate of drug-likeness (QED) is 0.327. The van der Waals surface area contributed by atoms with Crippen molar-refractivity contribution in [1.29, 1.82) is 0 Å². The highest BCUT2D eigenvalue weighted by molar-refractivity contribution is 6.87. The molecule has 2 aliphatic rings. The van der Waals surface area contributed by atoms with Gasteiger partial charge < -0.3 is 18.7 Å². The number of hydrogen-bond donors (Lipinski definition) is 1. The van der Waals surface area contributed by atoms with E-state index in [2.05, 4.69) is 79.6 Å². The second kappa shape index (κ2) is 13.2. The maximum Gasteiger partial charge on any atom is 0.178 e. The van der Waals surface area contributed by atoms with Crippen LogP contribution in [0.2, 0.25) is 36.3 Å². The third-order valence-electron chi connectivity index (χ3n) is 7.98. The van der Waals surface area contributed by atoms with Crippen molar-refractivity contribution in [2.24, 2.45) is 11.8 Å². The van der Waals surface area contributed by atoms with Crippen molar-refractivity contribution in [3.63, 3.8) is 0 Å². The van der Waals surface area contributed by atoms with E-state index in [-0.39, 0.29) is 6.10 Å². The summed E-state index contributed by atoms with van der Waals surface area (Å²) in [7, 11) is -3.18. The van der Waals surface area contributed by atoms with Crippen LogP contribution in [0.15, 0.2) is 0 Å². The van der Waals surface area contributed by atoms with Crippen LogP contribution in [0.3, 0.4) is 0 Å². The van der Waals surface area contributed by atoms with Gasteiger partial charge in [0.15, 0.2) is 16.6 Å². The van der Waals surface area contributed by atoms with Crippen LogP contribution in [0, 0.1) is 23.7 Å². The zero-order valence-electron chi connectivity index (χ0n) is 23.5. The molecule has 0 aromatic rings. The first-order valence-corrected chi connectivity index (χ1v) is 18.9. The van der Waals surface area contributed by atoms with Crippen molar-refractivity contribution < 1.29 is 18.7 Å². The topological polar surface area (TPSA) is 47.9 Å². The normalized spacial score (nSPS) is 24.9. The molecule has 3 unspecified atom stereocenters. The maximum absolute atomic E-state index is 9.16. The molecule has 2 fully saturated rings. The SMILES string of the molecule is CC(C)(C)[Si](C)(C)O[Si](C)(C)C(C)(C)C.OCC1CCCC(C#CCOC2CCCOC2)C1. The number of aliphatic hydroxyl groups excluding tert-OH is 1. The van der Waals surface area contributed by atoms with Crippen molar-refractivity contribution in [3.05, 3.63) is 0 Å². The van der Waals surface area contributed by atoms with E-state index in [0.717, 1.165) is 38.9 Å². The zero-order valence-corrected chi connectivity index (χ0v) is 25.5. The fourth-order valence-corrected chi connectivity index (χ4v) is 11.3. The summed E-state index contributed by atoms with van der Waals surface area (Å²) >= 11 is 0. The van der Waals surface area contributed by atoms with Crippen molar-refractivity contribution in [2.75, 3.05) is 26.4 Å². The smallest absolute Gasteiger partial charge is 0.178 e. The van der Waals surface area contributed by atoms with Gasteiger partial charge >= 0.3 is 0 Å². The van der Waals surface area contributed by atoms with Crippen molar-refractivity contribution >= 4 is 16.6 Å². The summed E-state index contributed by atoms with van der Waals surface area (Å²) in [5.41, 5.74) is 0. The summed E-state index contributed by atoms with van der Waals surface area (Å²) in [6.07, 6.45) is 7.01. The Bertz CT molecular complexity index is 593. The largest absolute Gasteiger partial charge is 0.455 e. The first-order valence-electron chi connectivity index (χ1n) is 13.1. The van der Waals surface area contributed by atoms with Crippen LogP contribution in [0.5, 0.6) is 0 Å². The highest BCUT2D eigenvalue weighted by Gasteiger charge is 2.46. The van der Waals surface area contributed by atoms with E-state index in [1.54, 1.807) is 0 Å². The lowest BCUT2D eigenvalue weighted by Crippen LogP contribution is -2.53. The Hall–Kier alpha value is -0.166. The molecular weight excluding hydrogens is 444 g/mol. The molecule has 1 heterocycles. The molecule has 1 saturated heterocycles. The molecule has 4 nitrogen and oxygen atoms in total. The van der Waals surface area contributed by atoms with Gasteiger partial charge in [-0.2, -0.15) is 0 Å². The fraction of sp³-hybridized carbons (Fsp3) is 0.926.